The van der Waals surface area contributed by atoms with Crippen molar-refractivity contribution in [1.29, 1.82) is 0 Å². The lowest BCUT2D eigenvalue weighted by Gasteiger charge is -2.41. The molecule has 1 heterocycles. The summed E-state index contributed by atoms with van der Waals surface area (Å²) < 4.78 is 22.4. The molecule has 1 aliphatic heterocycles. The second-order valence-corrected chi connectivity index (χ2v) is 8.55. The number of hydrogen-bond donors (Lipinski definition) is 0. The molecule has 112 valence electrons. The molecule has 1 aromatic carbocycles. The summed E-state index contributed by atoms with van der Waals surface area (Å²) in [7, 11) is -2.83. The molecule has 0 aliphatic carbocycles. The Labute approximate surface area is 122 Å². The van der Waals surface area contributed by atoms with E-state index in [1.54, 1.807) is 0 Å². The van der Waals surface area contributed by atoms with Crippen LogP contribution in [0.1, 0.15) is 31.7 Å². The molecule has 1 aliphatic rings. The highest BCUT2D eigenvalue weighted by molar-refractivity contribution is 7.90. The van der Waals surface area contributed by atoms with Gasteiger partial charge in [-0.2, -0.15) is 0 Å². The van der Waals surface area contributed by atoms with Crippen molar-refractivity contribution >= 4 is 9.84 Å². The predicted molar refractivity (Wildman–Crippen MR) is 83.8 cm³/mol. The SMILES string of the molecule is C[C@@]1(c2ccccc2)CCCN(CCCS(C)(=O)=O)C1. The minimum Gasteiger partial charge on any atom is -0.302 e. The monoisotopic (exact) mass is 295 g/mol. The average Bonchev–Trinajstić information content (AvgIpc) is 2.38. The van der Waals surface area contributed by atoms with Crippen molar-refractivity contribution < 1.29 is 8.42 Å². The summed E-state index contributed by atoms with van der Waals surface area (Å²) in [5.74, 6) is 0.297. The molecule has 0 spiro atoms. The van der Waals surface area contributed by atoms with Crippen LogP contribution in [-0.4, -0.2) is 45.0 Å². The lowest BCUT2D eigenvalue weighted by molar-refractivity contribution is 0.157. The Morgan fingerprint density at radius 2 is 1.95 bits per heavy atom. The van der Waals surface area contributed by atoms with Crippen molar-refractivity contribution in [3.63, 3.8) is 0 Å². The molecule has 1 fully saturated rings. The molecule has 1 aromatic rings. The summed E-state index contributed by atoms with van der Waals surface area (Å²) in [6.45, 7) is 5.33. The van der Waals surface area contributed by atoms with Gasteiger partial charge in [-0.15, -0.1) is 0 Å². The molecule has 1 saturated heterocycles. The van der Waals surface area contributed by atoms with Crippen LogP contribution in [0.4, 0.5) is 0 Å². The molecule has 4 heteroatoms. The van der Waals surface area contributed by atoms with Crippen molar-refractivity contribution in [2.45, 2.75) is 31.6 Å². The van der Waals surface area contributed by atoms with E-state index in [1.165, 1.54) is 24.7 Å². The van der Waals surface area contributed by atoms with Gasteiger partial charge in [0, 0.05) is 18.2 Å². The van der Waals surface area contributed by atoms with Gasteiger partial charge in [0.15, 0.2) is 0 Å². The van der Waals surface area contributed by atoms with Crippen LogP contribution in [-0.2, 0) is 15.3 Å². The number of nitrogens with zero attached hydrogens (tertiary/aromatic N) is 1. The predicted octanol–water partition coefficient (Wildman–Crippen LogP) is 2.47. The normalized spacial score (nSPS) is 24.7. The van der Waals surface area contributed by atoms with Crippen LogP contribution >= 0.6 is 0 Å². The van der Waals surface area contributed by atoms with Gasteiger partial charge in [0.25, 0.3) is 0 Å². The third-order valence-electron chi connectivity index (χ3n) is 4.24. The molecule has 3 nitrogen and oxygen atoms in total. The lowest BCUT2D eigenvalue weighted by Crippen LogP contribution is -2.44. The first-order valence-electron chi connectivity index (χ1n) is 7.35. The van der Waals surface area contributed by atoms with Crippen molar-refractivity contribution in [2.75, 3.05) is 31.6 Å². The largest absolute Gasteiger partial charge is 0.302 e. The third kappa shape index (κ3) is 4.32. The molecular weight excluding hydrogens is 270 g/mol. The summed E-state index contributed by atoms with van der Waals surface area (Å²) in [5.41, 5.74) is 1.60. The molecule has 0 unspecified atom stereocenters. The van der Waals surface area contributed by atoms with Gasteiger partial charge in [-0.1, -0.05) is 37.3 Å². The van der Waals surface area contributed by atoms with Gasteiger partial charge in [0.05, 0.1) is 5.75 Å². The molecule has 0 bridgehead atoms. The lowest BCUT2D eigenvalue weighted by atomic mass is 9.76. The van der Waals surface area contributed by atoms with Crippen LogP contribution in [0.15, 0.2) is 30.3 Å². The Bertz CT molecular complexity index is 527. The maximum atomic E-state index is 11.2. The van der Waals surface area contributed by atoms with E-state index in [1.807, 2.05) is 0 Å². The third-order valence-corrected chi connectivity index (χ3v) is 5.27. The summed E-state index contributed by atoms with van der Waals surface area (Å²) in [6, 6.07) is 10.7. The van der Waals surface area contributed by atoms with Crippen LogP contribution in [0, 0.1) is 0 Å². The quantitative estimate of drug-likeness (QED) is 0.837. The first-order chi connectivity index (χ1) is 9.39. The first kappa shape index (κ1) is 15.5. The minimum absolute atomic E-state index is 0.199. The fraction of sp³-hybridized carbons (Fsp3) is 0.625. The number of sulfone groups is 1. The van der Waals surface area contributed by atoms with Gasteiger partial charge < -0.3 is 4.90 Å². The standard InChI is InChI=1S/C16H25NO2S/c1-16(15-8-4-3-5-9-15)10-6-11-17(14-16)12-7-13-20(2,18)19/h3-5,8-9H,6-7,10-14H2,1-2H3/t16-/m1/s1. The highest BCUT2D eigenvalue weighted by Gasteiger charge is 2.32. The van der Waals surface area contributed by atoms with E-state index in [0.29, 0.717) is 5.75 Å². The van der Waals surface area contributed by atoms with E-state index in [4.69, 9.17) is 0 Å². The molecule has 0 amide bonds. The Hall–Kier alpha value is -0.870. The van der Waals surface area contributed by atoms with Gasteiger partial charge >= 0.3 is 0 Å². The van der Waals surface area contributed by atoms with Crippen molar-refractivity contribution in [1.82, 2.24) is 4.90 Å². The smallest absolute Gasteiger partial charge is 0.147 e. The first-order valence-corrected chi connectivity index (χ1v) is 9.41. The zero-order valence-corrected chi connectivity index (χ0v) is 13.3. The van der Waals surface area contributed by atoms with E-state index < -0.39 is 9.84 Å². The highest BCUT2D eigenvalue weighted by atomic mass is 32.2. The van der Waals surface area contributed by atoms with Gasteiger partial charge in [0.2, 0.25) is 0 Å². The number of piperidine rings is 1. The number of rotatable bonds is 5. The molecule has 0 N–H and O–H groups in total. The zero-order chi connectivity index (χ0) is 14.6. The molecule has 20 heavy (non-hydrogen) atoms. The highest BCUT2D eigenvalue weighted by Crippen LogP contribution is 2.33. The van der Waals surface area contributed by atoms with Crippen LogP contribution in [0.2, 0.25) is 0 Å². The van der Waals surface area contributed by atoms with Crippen molar-refractivity contribution in [2.24, 2.45) is 0 Å². The van der Waals surface area contributed by atoms with E-state index in [0.717, 1.165) is 26.1 Å². The second kappa shape index (κ2) is 6.27. The molecule has 0 radical (unpaired) electrons. The van der Waals surface area contributed by atoms with E-state index in [2.05, 4.69) is 42.2 Å². The van der Waals surface area contributed by atoms with Gasteiger partial charge in [-0.25, -0.2) is 8.42 Å². The number of benzene rings is 1. The van der Waals surface area contributed by atoms with Crippen molar-refractivity contribution in [3.05, 3.63) is 35.9 Å². The zero-order valence-electron chi connectivity index (χ0n) is 12.5. The molecule has 0 aromatic heterocycles. The Kier molecular flexibility index (Phi) is 4.86. The molecule has 0 saturated carbocycles. The van der Waals surface area contributed by atoms with E-state index >= 15 is 0 Å². The molecular formula is C16H25NO2S. The fourth-order valence-electron chi connectivity index (χ4n) is 3.16. The average molecular weight is 295 g/mol. The van der Waals surface area contributed by atoms with Gasteiger partial charge in [-0.3, -0.25) is 0 Å². The number of likely N-dealkylation sites (tertiary alicyclic amines) is 1. The Morgan fingerprint density at radius 1 is 1.25 bits per heavy atom. The molecule has 2 rings (SSSR count). The van der Waals surface area contributed by atoms with Crippen LogP contribution in [0.5, 0.6) is 0 Å². The Morgan fingerprint density at radius 3 is 2.60 bits per heavy atom. The topological polar surface area (TPSA) is 37.4 Å². The fourth-order valence-corrected chi connectivity index (χ4v) is 3.82. The summed E-state index contributed by atoms with van der Waals surface area (Å²) in [5, 5.41) is 0. The second-order valence-electron chi connectivity index (χ2n) is 6.29. The van der Waals surface area contributed by atoms with Gasteiger partial charge in [0.1, 0.15) is 9.84 Å². The van der Waals surface area contributed by atoms with Crippen molar-refractivity contribution in [3.8, 4) is 0 Å². The Balaban J connectivity index is 1.95. The maximum Gasteiger partial charge on any atom is 0.147 e. The number of hydrogen-bond acceptors (Lipinski definition) is 3. The summed E-state index contributed by atoms with van der Waals surface area (Å²) >= 11 is 0. The van der Waals surface area contributed by atoms with E-state index in [9.17, 15) is 8.42 Å². The molecule has 1 atom stereocenters. The van der Waals surface area contributed by atoms with Crippen LogP contribution in [0.25, 0.3) is 0 Å². The summed E-state index contributed by atoms with van der Waals surface area (Å²) in [6.07, 6.45) is 4.45. The van der Waals surface area contributed by atoms with E-state index in [-0.39, 0.29) is 5.41 Å². The maximum absolute atomic E-state index is 11.2. The van der Waals surface area contributed by atoms with Crippen LogP contribution in [0.3, 0.4) is 0 Å². The summed E-state index contributed by atoms with van der Waals surface area (Å²) in [4.78, 5) is 2.42. The van der Waals surface area contributed by atoms with Gasteiger partial charge in [-0.05, 0) is 37.9 Å². The van der Waals surface area contributed by atoms with Crippen LogP contribution < -0.4 is 0 Å². The minimum atomic E-state index is -2.83.